The third kappa shape index (κ3) is 2.92. The van der Waals surface area contributed by atoms with Gasteiger partial charge >= 0.3 is 0 Å². The zero-order valence-corrected chi connectivity index (χ0v) is 11.2. The Morgan fingerprint density at radius 3 is 3.00 bits per heavy atom. The van der Waals surface area contributed by atoms with Crippen molar-refractivity contribution in [3.8, 4) is 11.5 Å². The molecule has 2 aromatic rings. The fraction of sp³-hybridized carbons (Fsp3) is 0.333. The number of nitrogens with two attached hydrogens (primary N) is 1. The molecular formula is C12H14BrN3O. The number of nitrogens with zero attached hydrogens (tertiary/aromatic N) is 2. The van der Waals surface area contributed by atoms with E-state index in [0.717, 1.165) is 28.4 Å². The number of aromatic nitrogens is 2. The van der Waals surface area contributed by atoms with Gasteiger partial charge in [0.1, 0.15) is 0 Å². The lowest BCUT2D eigenvalue weighted by Crippen LogP contribution is -2.01. The number of benzene rings is 1. The lowest BCUT2D eigenvalue weighted by atomic mass is 10.1. The molecule has 0 amide bonds. The van der Waals surface area contributed by atoms with Crippen LogP contribution in [-0.4, -0.2) is 16.7 Å². The van der Waals surface area contributed by atoms with Crippen molar-refractivity contribution in [3.63, 3.8) is 0 Å². The van der Waals surface area contributed by atoms with Crippen molar-refractivity contribution in [3.05, 3.63) is 34.1 Å². The molecular weight excluding hydrogens is 282 g/mol. The molecule has 90 valence electrons. The summed E-state index contributed by atoms with van der Waals surface area (Å²) in [6.45, 7) is 2.66. The molecule has 1 heterocycles. The van der Waals surface area contributed by atoms with Gasteiger partial charge in [0.05, 0.1) is 0 Å². The zero-order chi connectivity index (χ0) is 12.3. The average Bonchev–Trinajstić information content (AvgIpc) is 2.78. The number of aryl methyl sites for hydroxylation is 2. The second-order valence-electron chi connectivity index (χ2n) is 3.87. The van der Waals surface area contributed by atoms with E-state index in [1.807, 2.05) is 25.1 Å². The smallest absolute Gasteiger partial charge is 0.258 e. The highest BCUT2D eigenvalue weighted by atomic mass is 79.9. The van der Waals surface area contributed by atoms with E-state index < -0.39 is 0 Å². The Morgan fingerprint density at radius 2 is 2.24 bits per heavy atom. The molecule has 0 saturated heterocycles. The Kier molecular flexibility index (Phi) is 3.91. The molecule has 0 aliphatic carbocycles. The Bertz CT molecular complexity index is 510. The molecule has 5 heteroatoms. The SMILES string of the molecule is Cc1ccc(Br)cc1-c1nc(CCCN)no1. The first kappa shape index (κ1) is 12.3. The molecule has 0 saturated carbocycles. The number of halogens is 1. The first-order valence-corrected chi connectivity index (χ1v) is 6.29. The van der Waals surface area contributed by atoms with E-state index in [1.54, 1.807) is 0 Å². The first-order chi connectivity index (χ1) is 8.20. The van der Waals surface area contributed by atoms with E-state index in [4.69, 9.17) is 10.3 Å². The van der Waals surface area contributed by atoms with Gasteiger partial charge in [-0.2, -0.15) is 4.98 Å². The molecule has 0 aliphatic heterocycles. The van der Waals surface area contributed by atoms with Crippen LogP contribution in [0, 0.1) is 6.92 Å². The summed E-state index contributed by atoms with van der Waals surface area (Å²) in [7, 11) is 0. The van der Waals surface area contributed by atoms with Crippen LogP contribution in [0.3, 0.4) is 0 Å². The lowest BCUT2D eigenvalue weighted by molar-refractivity contribution is 0.421. The van der Waals surface area contributed by atoms with Crippen LogP contribution in [0.4, 0.5) is 0 Å². The quantitative estimate of drug-likeness (QED) is 0.942. The molecule has 0 spiro atoms. The molecule has 0 bridgehead atoms. The summed E-state index contributed by atoms with van der Waals surface area (Å²) in [5.41, 5.74) is 7.52. The number of hydrogen-bond donors (Lipinski definition) is 1. The summed E-state index contributed by atoms with van der Waals surface area (Å²) >= 11 is 3.44. The van der Waals surface area contributed by atoms with E-state index in [9.17, 15) is 0 Å². The van der Waals surface area contributed by atoms with E-state index >= 15 is 0 Å². The standard InChI is InChI=1S/C12H14BrN3O/c1-8-4-5-9(13)7-10(8)12-15-11(16-17-12)3-2-6-14/h4-5,7H,2-3,6,14H2,1H3. The van der Waals surface area contributed by atoms with Gasteiger partial charge in [0.15, 0.2) is 5.82 Å². The highest BCUT2D eigenvalue weighted by molar-refractivity contribution is 9.10. The van der Waals surface area contributed by atoms with Crippen LogP contribution in [-0.2, 0) is 6.42 Å². The van der Waals surface area contributed by atoms with Crippen molar-refractivity contribution >= 4 is 15.9 Å². The summed E-state index contributed by atoms with van der Waals surface area (Å²) < 4.78 is 6.26. The molecule has 4 nitrogen and oxygen atoms in total. The van der Waals surface area contributed by atoms with Crippen molar-refractivity contribution in [1.82, 2.24) is 10.1 Å². The van der Waals surface area contributed by atoms with Crippen molar-refractivity contribution in [2.24, 2.45) is 5.73 Å². The van der Waals surface area contributed by atoms with Crippen molar-refractivity contribution in [2.45, 2.75) is 19.8 Å². The molecule has 2 rings (SSSR count). The van der Waals surface area contributed by atoms with Crippen LogP contribution in [0.5, 0.6) is 0 Å². The highest BCUT2D eigenvalue weighted by Gasteiger charge is 2.11. The third-order valence-corrected chi connectivity index (χ3v) is 3.00. The van der Waals surface area contributed by atoms with Gasteiger partial charge in [0.2, 0.25) is 0 Å². The minimum atomic E-state index is 0.566. The average molecular weight is 296 g/mol. The van der Waals surface area contributed by atoms with E-state index in [-0.39, 0.29) is 0 Å². The van der Waals surface area contributed by atoms with Gasteiger partial charge in [-0.3, -0.25) is 0 Å². The van der Waals surface area contributed by atoms with Gasteiger partial charge in [0, 0.05) is 16.5 Å². The largest absolute Gasteiger partial charge is 0.334 e. The van der Waals surface area contributed by atoms with E-state index in [1.165, 1.54) is 0 Å². The van der Waals surface area contributed by atoms with Crippen molar-refractivity contribution < 1.29 is 4.52 Å². The van der Waals surface area contributed by atoms with Gasteiger partial charge < -0.3 is 10.3 Å². The number of rotatable bonds is 4. The number of hydrogen-bond acceptors (Lipinski definition) is 4. The fourth-order valence-electron chi connectivity index (χ4n) is 1.55. The normalized spacial score (nSPS) is 10.8. The Labute approximate surface area is 108 Å². The second-order valence-corrected chi connectivity index (χ2v) is 4.78. The summed E-state index contributed by atoms with van der Waals surface area (Å²) in [5.74, 6) is 1.28. The fourth-order valence-corrected chi connectivity index (χ4v) is 1.91. The maximum absolute atomic E-state index is 5.45. The molecule has 0 radical (unpaired) electrons. The van der Waals surface area contributed by atoms with Crippen LogP contribution >= 0.6 is 15.9 Å². The second kappa shape index (κ2) is 5.42. The van der Waals surface area contributed by atoms with Crippen molar-refractivity contribution in [2.75, 3.05) is 6.54 Å². The van der Waals surface area contributed by atoms with Gasteiger partial charge in [-0.15, -0.1) is 0 Å². The molecule has 0 atom stereocenters. The molecule has 2 N–H and O–H groups in total. The van der Waals surface area contributed by atoms with Gasteiger partial charge in [-0.25, -0.2) is 0 Å². The van der Waals surface area contributed by atoms with Crippen LogP contribution in [0.2, 0.25) is 0 Å². The summed E-state index contributed by atoms with van der Waals surface area (Å²) in [4.78, 5) is 4.37. The molecule has 0 aliphatic rings. The van der Waals surface area contributed by atoms with E-state index in [0.29, 0.717) is 18.3 Å². The van der Waals surface area contributed by atoms with Crippen molar-refractivity contribution in [1.29, 1.82) is 0 Å². The summed E-state index contributed by atoms with van der Waals surface area (Å²) in [5, 5.41) is 3.94. The molecule has 17 heavy (non-hydrogen) atoms. The summed E-state index contributed by atoms with van der Waals surface area (Å²) in [6.07, 6.45) is 1.63. The predicted octanol–water partition coefficient (Wildman–Crippen LogP) is 2.70. The maximum atomic E-state index is 5.45. The van der Waals surface area contributed by atoms with Gasteiger partial charge in [-0.1, -0.05) is 27.2 Å². The molecule has 1 aromatic carbocycles. The minimum Gasteiger partial charge on any atom is -0.334 e. The monoisotopic (exact) mass is 295 g/mol. The Morgan fingerprint density at radius 1 is 1.41 bits per heavy atom. The third-order valence-electron chi connectivity index (χ3n) is 2.50. The lowest BCUT2D eigenvalue weighted by Gasteiger charge is -2.00. The van der Waals surface area contributed by atoms with Gasteiger partial charge in [-0.05, 0) is 37.6 Å². The Hall–Kier alpha value is -1.20. The molecule has 1 aromatic heterocycles. The highest BCUT2D eigenvalue weighted by Crippen LogP contribution is 2.25. The molecule has 0 unspecified atom stereocenters. The van der Waals surface area contributed by atoms with Crippen LogP contribution in [0.15, 0.2) is 27.2 Å². The minimum absolute atomic E-state index is 0.566. The van der Waals surface area contributed by atoms with Crippen LogP contribution in [0.25, 0.3) is 11.5 Å². The van der Waals surface area contributed by atoms with Gasteiger partial charge in [0.25, 0.3) is 5.89 Å². The summed E-state index contributed by atoms with van der Waals surface area (Å²) in [6, 6.07) is 5.99. The zero-order valence-electron chi connectivity index (χ0n) is 9.61. The van der Waals surface area contributed by atoms with E-state index in [2.05, 4.69) is 26.1 Å². The van der Waals surface area contributed by atoms with Crippen LogP contribution in [0.1, 0.15) is 17.8 Å². The maximum Gasteiger partial charge on any atom is 0.258 e. The Balaban J connectivity index is 2.27. The molecule has 0 fully saturated rings. The first-order valence-electron chi connectivity index (χ1n) is 5.50. The van der Waals surface area contributed by atoms with Crippen LogP contribution < -0.4 is 5.73 Å². The predicted molar refractivity (Wildman–Crippen MR) is 69.5 cm³/mol. The topological polar surface area (TPSA) is 64.9 Å².